The van der Waals surface area contributed by atoms with Gasteiger partial charge >= 0.3 is 6.03 Å². The quantitative estimate of drug-likeness (QED) is 0.359. The summed E-state index contributed by atoms with van der Waals surface area (Å²) in [7, 11) is 3.24. The lowest BCUT2D eigenvalue weighted by Gasteiger charge is -2.43. The molecule has 1 heterocycles. The fourth-order valence-corrected chi connectivity index (χ4v) is 5.17. The summed E-state index contributed by atoms with van der Waals surface area (Å²) in [5, 5.41) is 14.8. The van der Waals surface area contributed by atoms with Gasteiger partial charge in [-0.25, -0.2) is 13.6 Å². The molecule has 2 rings (SSSR count). The summed E-state index contributed by atoms with van der Waals surface area (Å²) in [6.45, 7) is 6.21. The predicted octanol–water partition coefficient (Wildman–Crippen LogP) is 3.78. The average Bonchev–Trinajstić information content (AvgIpc) is 2.82. The van der Waals surface area contributed by atoms with Crippen molar-refractivity contribution in [2.75, 3.05) is 47.1 Å². The van der Waals surface area contributed by atoms with Gasteiger partial charge in [-0.15, -0.1) is 0 Å². The fraction of sp³-hybridized carbons (Fsp3) is 0.731. The van der Waals surface area contributed by atoms with E-state index < -0.39 is 23.2 Å². The maximum atomic E-state index is 14.8. The Hall–Kier alpha value is -1.81. The van der Waals surface area contributed by atoms with Gasteiger partial charge in [-0.2, -0.15) is 0 Å². The predicted molar refractivity (Wildman–Crippen MR) is 132 cm³/mol. The number of benzene rings is 1. The molecule has 35 heavy (non-hydrogen) atoms. The van der Waals surface area contributed by atoms with Crippen LogP contribution in [-0.4, -0.2) is 69.1 Å². The Bertz CT molecular complexity index is 811. The third-order valence-electron chi connectivity index (χ3n) is 6.90. The highest BCUT2D eigenvalue weighted by Crippen LogP contribution is 2.41. The number of piperidine rings is 1. The molecule has 3 atom stereocenters. The third kappa shape index (κ3) is 8.10. The first kappa shape index (κ1) is 29.4. The van der Waals surface area contributed by atoms with Crippen LogP contribution in [0.25, 0.3) is 0 Å². The maximum absolute atomic E-state index is 14.8. The zero-order valence-corrected chi connectivity index (χ0v) is 21.6. The van der Waals surface area contributed by atoms with E-state index in [2.05, 4.69) is 19.2 Å². The van der Waals surface area contributed by atoms with Gasteiger partial charge in [0.2, 0.25) is 0 Å². The SMILES string of the molecule is COCCCC[C@@](O)(c1cccc(F)c1F)[C@@H]1CCCN(C(=O)N[C@H](CN)CC(C)(C)COC)C1. The number of amides is 2. The minimum absolute atomic E-state index is 0.0525. The van der Waals surface area contributed by atoms with Gasteiger partial charge in [0.05, 0.1) is 12.2 Å². The van der Waals surface area contributed by atoms with Crippen LogP contribution in [0.1, 0.15) is 57.9 Å². The van der Waals surface area contributed by atoms with Crippen molar-refractivity contribution in [1.29, 1.82) is 0 Å². The van der Waals surface area contributed by atoms with Crippen molar-refractivity contribution in [2.24, 2.45) is 17.1 Å². The number of carbonyl (C=O) groups is 1. The molecule has 0 unspecified atom stereocenters. The number of unbranched alkanes of at least 4 members (excludes halogenated alkanes) is 1. The van der Waals surface area contributed by atoms with Crippen LogP contribution < -0.4 is 11.1 Å². The Labute approximate surface area is 208 Å². The standard InChI is InChI=1S/C26H43F2N3O4/c1-25(2,18-35-4)15-20(16-29)30-24(32)31-13-8-9-19(17-31)26(33,12-5-6-14-34-3)21-10-7-11-22(27)23(21)28/h7,10-11,19-20,33H,5-6,8-9,12-18,29H2,1-4H3,(H,30,32)/t19-,20+,26+/m1/s1. The van der Waals surface area contributed by atoms with Crippen molar-refractivity contribution in [3.63, 3.8) is 0 Å². The number of nitrogens with one attached hydrogen (secondary N) is 1. The van der Waals surface area contributed by atoms with Crippen LogP contribution in [0.4, 0.5) is 13.6 Å². The van der Waals surface area contributed by atoms with Gasteiger partial charge in [0, 0.05) is 58.0 Å². The van der Waals surface area contributed by atoms with Gasteiger partial charge in [0.15, 0.2) is 11.6 Å². The number of likely N-dealkylation sites (tertiary alicyclic amines) is 1. The van der Waals surface area contributed by atoms with Crippen molar-refractivity contribution in [2.45, 2.75) is 64.0 Å². The smallest absolute Gasteiger partial charge is 0.317 e. The molecule has 9 heteroatoms. The van der Waals surface area contributed by atoms with E-state index in [1.165, 1.54) is 12.1 Å². The number of nitrogens with zero attached hydrogens (tertiary/aromatic N) is 1. The lowest BCUT2D eigenvalue weighted by molar-refractivity contribution is -0.0592. The normalized spacial score (nSPS) is 19.3. The number of urea groups is 1. The molecule has 0 aliphatic carbocycles. The number of nitrogens with two attached hydrogens (primary N) is 1. The summed E-state index contributed by atoms with van der Waals surface area (Å²) < 4.78 is 39.3. The van der Waals surface area contributed by atoms with E-state index in [4.69, 9.17) is 15.2 Å². The molecular weight excluding hydrogens is 456 g/mol. The number of ether oxygens (including phenoxy) is 2. The zero-order chi connectivity index (χ0) is 26.1. The van der Waals surface area contributed by atoms with Gasteiger partial charge in [0.25, 0.3) is 0 Å². The van der Waals surface area contributed by atoms with Crippen molar-refractivity contribution >= 4 is 6.03 Å². The molecule has 2 amide bonds. The molecule has 1 saturated heterocycles. The number of aliphatic hydroxyl groups is 1. The molecule has 0 radical (unpaired) electrons. The summed E-state index contributed by atoms with van der Waals surface area (Å²) >= 11 is 0. The number of carbonyl (C=O) groups excluding carboxylic acids is 1. The first-order valence-electron chi connectivity index (χ1n) is 12.5. The second-order valence-electron chi connectivity index (χ2n) is 10.4. The molecule has 1 aromatic carbocycles. The minimum Gasteiger partial charge on any atom is -0.385 e. The van der Waals surface area contributed by atoms with E-state index in [1.807, 2.05) is 0 Å². The number of rotatable bonds is 13. The molecule has 1 aliphatic rings. The summed E-state index contributed by atoms with van der Waals surface area (Å²) in [6.07, 6.45) is 3.40. The van der Waals surface area contributed by atoms with E-state index in [0.29, 0.717) is 51.9 Å². The monoisotopic (exact) mass is 499 g/mol. The molecule has 0 spiro atoms. The molecule has 1 fully saturated rings. The topological polar surface area (TPSA) is 97.1 Å². The second kappa shape index (κ2) is 13.5. The van der Waals surface area contributed by atoms with Crippen molar-refractivity contribution in [3.8, 4) is 0 Å². The lowest BCUT2D eigenvalue weighted by atomic mass is 9.74. The maximum Gasteiger partial charge on any atom is 0.317 e. The Morgan fingerprint density at radius 3 is 2.69 bits per heavy atom. The van der Waals surface area contributed by atoms with Crippen LogP contribution in [0, 0.1) is 23.0 Å². The highest BCUT2D eigenvalue weighted by atomic mass is 19.2. The molecule has 200 valence electrons. The van der Waals surface area contributed by atoms with E-state index in [1.54, 1.807) is 19.1 Å². The number of methoxy groups -OCH3 is 2. The van der Waals surface area contributed by atoms with Gasteiger partial charge in [-0.3, -0.25) is 0 Å². The van der Waals surface area contributed by atoms with Crippen molar-refractivity contribution < 1.29 is 28.2 Å². The molecule has 4 N–H and O–H groups in total. The van der Waals surface area contributed by atoms with E-state index in [0.717, 1.165) is 6.07 Å². The Morgan fingerprint density at radius 1 is 1.29 bits per heavy atom. The summed E-state index contributed by atoms with van der Waals surface area (Å²) in [4.78, 5) is 14.8. The van der Waals surface area contributed by atoms with Crippen LogP contribution in [0.2, 0.25) is 0 Å². The van der Waals surface area contributed by atoms with E-state index in [-0.39, 0.29) is 42.6 Å². The molecule has 7 nitrogen and oxygen atoms in total. The number of hydrogen-bond donors (Lipinski definition) is 3. The highest BCUT2D eigenvalue weighted by molar-refractivity contribution is 5.74. The second-order valence-corrected chi connectivity index (χ2v) is 10.4. The first-order chi connectivity index (χ1) is 16.6. The van der Waals surface area contributed by atoms with Gasteiger partial charge in [0.1, 0.15) is 0 Å². The molecule has 1 aromatic rings. The summed E-state index contributed by atoms with van der Waals surface area (Å²) in [5.41, 5.74) is 4.12. The van der Waals surface area contributed by atoms with Crippen molar-refractivity contribution in [1.82, 2.24) is 10.2 Å². The molecule has 1 aliphatic heterocycles. The van der Waals surface area contributed by atoms with Crippen LogP contribution >= 0.6 is 0 Å². The molecule has 0 bridgehead atoms. The lowest BCUT2D eigenvalue weighted by Crippen LogP contribution is -2.54. The molecule has 0 aromatic heterocycles. The Morgan fingerprint density at radius 2 is 2.03 bits per heavy atom. The minimum atomic E-state index is -1.60. The zero-order valence-electron chi connectivity index (χ0n) is 21.6. The molecule has 0 saturated carbocycles. The summed E-state index contributed by atoms with van der Waals surface area (Å²) in [6, 6.07) is 3.40. The summed E-state index contributed by atoms with van der Waals surface area (Å²) in [5.74, 6) is -2.47. The van der Waals surface area contributed by atoms with Gasteiger partial charge in [-0.05, 0) is 50.0 Å². The van der Waals surface area contributed by atoms with Crippen LogP contribution in [0.15, 0.2) is 18.2 Å². The highest BCUT2D eigenvalue weighted by Gasteiger charge is 2.43. The van der Waals surface area contributed by atoms with Crippen LogP contribution in [0.3, 0.4) is 0 Å². The van der Waals surface area contributed by atoms with Gasteiger partial charge in [-0.1, -0.05) is 26.0 Å². The average molecular weight is 500 g/mol. The first-order valence-corrected chi connectivity index (χ1v) is 12.5. The number of halogens is 2. The van der Waals surface area contributed by atoms with Crippen molar-refractivity contribution in [3.05, 3.63) is 35.4 Å². The Balaban J connectivity index is 2.19. The number of hydrogen-bond acceptors (Lipinski definition) is 5. The Kier molecular flexibility index (Phi) is 11.3. The van der Waals surface area contributed by atoms with Crippen LogP contribution in [-0.2, 0) is 15.1 Å². The van der Waals surface area contributed by atoms with Crippen LogP contribution in [0.5, 0.6) is 0 Å². The third-order valence-corrected chi connectivity index (χ3v) is 6.90. The van der Waals surface area contributed by atoms with Gasteiger partial charge < -0.3 is 30.5 Å². The molecular formula is C26H43F2N3O4. The van der Waals surface area contributed by atoms with E-state index >= 15 is 0 Å². The fourth-order valence-electron chi connectivity index (χ4n) is 5.17. The van der Waals surface area contributed by atoms with E-state index in [9.17, 15) is 18.7 Å². The largest absolute Gasteiger partial charge is 0.385 e.